The van der Waals surface area contributed by atoms with Crippen LogP contribution in [0.3, 0.4) is 0 Å². The average Bonchev–Trinajstić information content (AvgIpc) is 3.21. The monoisotopic (exact) mass is 785 g/mol. The van der Waals surface area contributed by atoms with Crippen LogP contribution in [-0.4, -0.2) is 11.4 Å². The Hall–Kier alpha value is -3.29. The summed E-state index contributed by atoms with van der Waals surface area (Å²) >= 11 is 0. The Labute approximate surface area is 348 Å². The average molecular weight is 786 g/mol. The summed E-state index contributed by atoms with van der Waals surface area (Å²) in [7, 11) is 0. The normalized spacial score (nSPS) is 11.6. The van der Waals surface area contributed by atoms with Gasteiger partial charge in [0.2, 0.25) is 0 Å². The molecule has 0 saturated carbocycles. The fraction of sp³-hybridized carbons (Fsp3) is 0.481. The summed E-state index contributed by atoms with van der Waals surface area (Å²) in [5.41, 5.74) is 15.4. The van der Waals surface area contributed by atoms with Gasteiger partial charge in [-0.3, -0.25) is 9.98 Å². The summed E-state index contributed by atoms with van der Waals surface area (Å²) in [6, 6.07) is 31.3. The maximum atomic E-state index is 5.39. The number of hydrogen-bond donors (Lipinski definition) is 0. The Morgan fingerprint density at radius 3 is 1.64 bits per heavy atom. The molecule has 0 unspecified atom stereocenters. The second kappa shape index (κ2) is 28.2. The van der Waals surface area contributed by atoms with Gasteiger partial charge >= 0.3 is 16.5 Å². The van der Waals surface area contributed by atoms with Crippen molar-refractivity contribution in [2.24, 2.45) is 9.98 Å². The van der Waals surface area contributed by atoms with Crippen LogP contribution in [-0.2, 0) is 42.2 Å². The Bertz CT molecular complexity index is 1680. The summed E-state index contributed by atoms with van der Waals surface area (Å²) in [6.45, 7) is 19.2. The van der Waals surface area contributed by atoms with Gasteiger partial charge in [0, 0.05) is 0 Å². The van der Waals surface area contributed by atoms with E-state index in [0.29, 0.717) is 0 Å². The molecule has 0 atom stereocenters. The molecule has 55 heavy (non-hydrogen) atoms. The van der Waals surface area contributed by atoms with E-state index < -0.39 is 0 Å². The molecule has 0 aliphatic heterocycles. The first-order valence-electron chi connectivity index (χ1n) is 21.8. The van der Waals surface area contributed by atoms with Gasteiger partial charge in [-0.1, -0.05) is 160 Å². The molecule has 303 valence electrons. The summed E-state index contributed by atoms with van der Waals surface area (Å²) in [4.78, 5) is 10.7. The zero-order valence-electron chi connectivity index (χ0n) is 35.7. The SMILES string of the molecule is CCCCCCCCc1cc(N=C(CC)C(C)=Nc2cc(CC)c(-c3ccccc3)c(CCCCC)c2)cc(-c2ccccc2)c1CCCC.[CH2-]CCC.[NiH]. The van der Waals surface area contributed by atoms with Gasteiger partial charge in [-0.2, -0.15) is 6.42 Å². The van der Waals surface area contributed by atoms with Crippen molar-refractivity contribution >= 4 is 22.8 Å². The predicted octanol–water partition coefficient (Wildman–Crippen LogP) is 16.2. The molecule has 4 aromatic carbocycles. The van der Waals surface area contributed by atoms with Gasteiger partial charge in [0.15, 0.2) is 0 Å². The van der Waals surface area contributed by atoms with Crippen LogP contribution in [0.1, 0.15) is 161 Å². The minimum absolute atomic E-state index is 0. The van der Waals surface area contributed by atoms with Crippen molar-refractivity contribution in [3.05, 3.63) is 114 Å². The topological polar surface area (TPSA) is 24.7 Å². The number of aryl methyl sites for hydroxylation is 3. The third kappa shape index (κ3) is 16.0. The molecular weight excluding hydrogens is 711 g/mol. The van der Waals surface area contributed by atoms with Gasteiger partial charge < -0.3 is 6.92 Å². The zero-order valence-corrected chi connectivity index (χ0v) is 36.8. The Balaban J connectivity index is 0.00000199. The van der Waals surface area contributed by atoms with Gasteiger partial charge in [0.1, 0.15) is 0 Å². The molecule has 0 aromatic heterocycles. The van der Waals surface area contributed by atoms with Crippen molar-refractivity contribution in [1.82, 2.24) is 0 Å². The molecule has 0 fully saturated rings. The Morgan fingerprint density at radius 1 is 0.527 bits per heavy atom. The van der Waals surface area contributed by atoms with Crippen LogP contribution < -0.4 is 0 Å². The van der Waals surface area contributed by atoms with Crippen LogP contribution in [0.15, 0.2) is 94.9 Å². The number of nitrogens with zero attached hydrogens (tertiary/aromatic N) is 2. The molecule has 0 radical (unpaired) electrons. The van der Waals surface area contributed by atoms with Gasteiger partial charge in [0.25, 0.3) is 0 Å². The Morgan fingerprint density at radius 2 is 1.04 bits per heavy atom. The van der Waals surface area contributed by atoms with Crippen LogP contribution in [0.2, 0.25) is 0 Å². The van der Waals surface area contributed by atoms with Crippen molar-refractivity contribution in [2.45, 2.75) is 164 Å². The molecule has 0 saturated heterocycles. The quantitative estimate of drug-likeness (QED) is 0.0328. The van der Waals surface area contributed by atoms with Crippen molar-refractivity contribution in [1.29, 1.82) is 0 Å². The van der Waals surface area contributed by atoms with E-state index in [1.165, 1.54) is 122 Å². The number of hydrogen-bond acceptors (Lipinski definition) is 2. The predicted molar refractivity (Wildman–Crippen MR) is 244 cm³/mol. The van der Waals surface area contributed by atoms with E-state index in [2.05, 4.69) is 140 Å². The van der Waals surface area contributed by atoms with Crippen molar-refractivity contribution in [3.63, 3.8) is 0 Å². The fourth-order valence-electron chi connectivity index (χ4n) is 7.28. The second-order valence-corrected chi connectivity index (χ2v) is 14.9. The van der Waals surface area contributed by atoms with E-state index in [-0.39, 0.29) is 16.5 Å². The van der Waals surface area contributed by atoms with Gasteiger partial charge in [-0.05, 0) is 127 Å². The summed E-state index contributed by atoms with van der Waals surface area (Å²) in [6.07, 6.45) is 21.4. The molecule has 0 heterocycles. The molecule has 2 nitrogen and oxygen atoms in total. The number of aliphatic imine (C=N–C) groups is 2. The van der Waals surface area contributed by atoms with E-state index in [0.717, 1.165) is 61.3 Å². The fourth-order valence-corrected chi connectivity index (χ4v) is 7.28. The maximum absolute atomic E-state index is 5.39. The number of unbranched alkanes of at least 4 members (excludes halogenated alkanes) is 9. The first-order chi connectivity index (χ1) is 26.4. The van der Waals surface area contributed by atoms with E-state index in [9.17, 15) is 0 Å². The molecule has 0 amide bonds. The number of benzene rings is 4. The third-order valence-corrected chi connectivity index (χ3v) is 10.4. The molecule has 4 rings (SSSR count). The molecule has 0 bridgehead atoms. The molecule has 0 aliphatic rings. The number of rotatable bonds is 22. The summed E-state index contributed by atoms with van der Waals surface area (Å²) in [5.74, 6) is 0. The van der Waals surface area contributed by atoms with Gasteiger partial charge in [-0.15, -0.1) is 0 Å². The zero-order chi connectivity index (χ0) is 39.0. The molecule has 4 aromatic rings. The standard InChI is InChI=1S/C48H64N2.C4H9.Ni.H/c1-7-12-15-16-17-21-30-41-34-44(36-46(45(41)32-14-9-3)39-26-22-18-23-27-39)50-47(11-5)37(6)49-43-33-38(10-4)48(40-28-24-19-25-29-40)42(35-43)31-20-13-8-2;1-3-4-2;;/h18-19,22-29,33-36H,7-17,20-21,30-32H2,1-6H3;1,3-4H2,2H3;;/q;-1;;. The third-order valence-electron chi connectivity index (χ3n) is 10.4. The van der Waals surface area contributed by atoms with Crippen molar-refractivity contribution in [3.8, 4) is 22.3 Å². The van der Waals surface area contributed by atoms with Crippen LogP contribution in [0.25, 0.3) is 22.3 Å². The molecule has 0 N–H and O–H groups in total. The van der Waals surface area contributed by atoms with Crippen LogP contribution in [0.5, 0.6) is 0 Å². The van der Waals surface area contributed by atoms with E-state index in [1.807, 2.05) is 0 Å². The molecule has 3 heteroatoms. The molecule has 0 aliphatic carbocycles. The van der Waals surface area contributed by atoms with Crippen molar-refractivity contribution in [2.75, 3.05) is 0 Å². The van der Waals surface area contributed by atoms with Crippen molar-refractivity contribution < 1.29 is 16.5 Å². The van der Waals surface area contributed by atoms with E-state index in [1.54, 1.807) is 0 Å². The second-order valence-electron chi connectivity index (χ2n) is 14.9. The first kappa shape index (κ1) is 47.9. The summed E-state index contributed by atoms with van der Waals surface area (Å²) in [5, 5.41) is 0. The van der Waals surface area contributed by atoms with Crippen LogP contribution >= 0.6 is 0 Å². The molecule has 0 spiro atoms. The van der Waals surface area contributed by atoms with Gasteiger partial charge in [-0.25, -0.2) is 0 Å². The first-order valence-corrected chi connectivity index (χ1v) is 21.8. The Kier molecular flexibility index (Phi) is 24.5. The van der Waals surface area contributed by atoms with Gasteiger partial charge in [0.05, 0.1) is 22.8 Å². The minimum atomic E-state index is 0. The van der Waals surface area contributed by atoms with Crippen LogP contribution in [0, 0.1) is 6.92 Å². The molecular formula is C52H74N2Ni-. The summed E-state index contributed by atoms with van der Waals surface area (Å²) < 4.78 is 0. The van der Waals surface area contributed by atoms with Crippen LogP contribution in [0.4, 0.5) is 11.4 Å². The van der Waals surface area contributed by atoms with E-state index >= 15 is 0 Å². The van der Waals surface area contributed by atoms with E-state index in [4.69, 9.17) is 9.98 Å².